The first-order chi connectivity index (χ1) is 11.8. The van der Waals surface area contributed by atoms with Crippen molar-refractivity contribution in [3.05, 3.63) is 41.5 Å². The molecule has 0 amide bonds. The summed E-state index contributed by atoms with van der Waals surface area (Å²) in [4.78, 5) is 2.44. The standard InChI is InChI=1S/C21H29N3.2ClH/c1-17(14-18-6-3-2-4-7-18)20-15-21(20)23-16-19-8-12-24(13-9-19)11-5-10-22;;/h2-4,6-7,14,19-21,23H,5,8-9,11-13,15-16H2,1H3;2*1H/b17-14+;;. The molecule has 1 aromatic rings. The van der Waals surface area contributed by atoms with E-state index in [0.717, 1.165) is 38.0 Å². The summed E-state index contributed by atoms with van der Waals surface area (Å²) in [5, 5.41) is 12.5. The van der Waals surface area contributed by atoms with Crippen LogP contribution in [0.2, 0.25) is 0 Å². The van der Waals surface area contributed by atoms with Crippen LogP contribution in [0.15, 0.2) is 35.9 Å². The van der Waals surface area contributed by atoms with Crippen molar-refractivity contribution in [2.24, 2.45) is 11.8 Å². The van der Waals surface area contributed by atoms with Gasteiger partial charge in [-0.25, -0.2) is 0 Å². The fraction of sp³-hybridized carbons (Fsp3) is 0.571. The first-order valence-corrected chi connectivity index (χ1v) is 9.32. The second kappa shape index (κ2) is 11.6. The minimum atomic E-state index is 0. The summed E-state index contributed by atoms with van der Waals surface area (Å²) in [6.45, 7) is 6.70. The predicted molar refractivity (Wildman–Crippen MR) is 114 cm³/mol. The predicted octanol–water partition coefficient (Wildman–Crippen LogP) is 4.54. The van der Waals surface area contributed by atoms with Crippen LogP contribution in [0, 0.1) is 23.2 Å². The van der Waals surface area contributed by atoms with Gasteiger partial charge in [0.05, 0.1) is 6.07 Å². The van der Waals surface area contributed by atoms with Crippen molar-refractivity contribution in [2.75, 3.05) is 26.2 Å². The molecule has 0 bridgehead atoms. The summed E-state index contributed by atoms with van der Waals surface area (Å²) in [6.07, 6.45) is 6.83. The topological polar surface area (TPSA) is 39.1 Å². The molecule has 144 valence electrons. The van der Waals surface area contributed by atoms with Crippen LogP contribution in [0.5, 0.6) is 0 Å². The zero-order chi connectivity index (χ0) is 16.8. The monoisotopic (exact) mass is 395 g/mol. The average molecular weight is 396 g/mol. The third kappa shape index (κ3) is 6.93. The number of hydrogen-bond acceptors (Lipinski definition) is 3. The molecule has 2 aliphatic rings. The smallest absolute Gasteiger partial charge is 0.0635 e. The minimum Gasteiger partial charge on any atom is -0.313 e. The van der Waals surface area contributed by atoms with E-state index in [1.165, 1.54) is 30.4 Å². The minimum absolute atomic E-state index is 0. The van der Waals surface area contributed by atoms with Crippen molar-refractivity contribution in [3.63, 3.8) is 0 Å². The molecule has 0 aromatic heterocycles. The molecular formula is C21H31Cl2N3. The number of nitriles is 1. The van der Waals surface area contributed by atoms with Crippen LogP contribution in [0.1, 0.15) is 38.2 Å². The molecule has 2 atom stereocenters. The Bertz CT molecular complexity index is 589. The largest absolute Gasteiger partial charge is 0.313 e. The van der Waals surface area contributed by atoms with E-state index in [1.54, 1.807) is 0 Å². The maximum Gasteiger partial charge on any atom is 0.0635 e. The molecule has 1 aromatic carbocycles. The Kier molecular flexibility index (Phi) is 10.3. The SMILES string of the molecule is C/C(=C\c1ccccc1)C1CC1NCC1CCN(CCC#N)CC1.Cl.Cl. The lowest BCUT2D eigenvalue weighted by Crippen LogP contribution is -2.38. The Balaban J connectivity index is 0.00000169. The summed E-state index contributed by atoms with van der Waals surface area (Å²) in [5.74, 6) is 1.53. The zero-order valence-corrected chi connectivity index (χ0v) is 17.2. The van der Waals surface area contributed by atoms with Crippen molar-refractivity contribution >= 4 is 30.9 Å². The molecule has 1 saturated heterocycles. The van der Waals surface area contributed by atoms with Crippen LogP contribution in [-0.4, -0.2) is 37.1 Å². The first kappa shape index (κ1) is 23.0. The molecule has 3 rings (SSSR count). The summed E-state index contributed by atoms with van der Waals surface area (Å²) in [7, 11) is 0. The van der Waals surface area contributed by atoms with Gasteiger partial charge >= 0.3 is 0 Å². The second-order valence-electron chi connectivity index (χ2n) is 7.35. The highest BCUT2D eigenvalue weighted by atomic mass is 35.5. The fourth-order valence-corrected chi connectivity index (χ4v) is 3.78. The molecule has 2 unspecified atom stereocenters. The lowest BCUT2D eigenvalue weighted by Gasteiger charge is -2.31. The second-order valence-corrected chi connectivity index (χ2v) is 7.35. The molecule has 5 heteroatoms. The van der Waals surface area contributed by atoms with Gasteiger partial charge in [0.2, 0.25) is 0 Å². The molecule has 1 heterocycles. The number of benzene rings is 1. The van der Waals surface area contributed by atoms with Gasteiger partial charge in [-0.05, 0) is 63.2 Å². The lowest BCUT2D eigenvalue weighted by molar-refractivity contribution is 0.185. The third-order valence-corrected chi connectivity index (χ3v) is 5.48. The molecule has 2 fully saturated rings. The number of piperidine rings is 1. The molecule has 1 aliphatic carbocycles. The fourth-order valence-electron chi connectivity index (χ4n) is 3.78. The summed E-state index contributed by atoms with van der Waals surface area (Å²) in [6, 6.07) is 13.6. The van der Waals surface area contributed by atoms with Crippen LogP contribution in [0.25, 0.3) is 6.08 Å². The van der Waals surface area contributed by atoms with Crippen molar-refractivity contribution in [2.45, 2.75) is 38.6 Å². The van der Waals surface area contributed by atoms with E-state index < -0.39 is 0 Å². The highest BCUT2D eigenvalue weighted by molar-refractivity contribution is 5.85. The average Bonchev–Trinajstić information content (AvgIpc) is 3.40. The number of hydrogen-bond donors (Lipinski definition) is 1. The van der Waals surface area contributed by atoms with Gasteiger partial charge in [-0.2, -0.15) is 5.26 Å². The van der Waals surface area contributed by atoms with Gasteiger partial charge in [0.15, 0.2) is 0 Å². The van der Waals surface area contributed by atoms with Crippen molar-refractivity contribution in [3.8, 4) is 6.07 Å². The lowest BCUT2D eigenvalue weighted by atomic mass is 9.96. The quantitative estimate of drug-likeness (QED) is 0.736. The van der Waals surface area contributed by atoms with Crippen LogP contribution in [0.3, 0.4) is 0 Å². The Morgan fingerprint density at radius 1 is 1.23 bits per heavy atom. The number of nitrogens with one attached hydrogen (secondary N) is 1. The molecular weight excluding hydrogens is 365 g/mol. The highest BCUT2D eigenvalue weighted by Crippen LogP contribution is 2.38. The molecule has 0 spiro atoms. The molecule has 0 radical (unpaired) electrons. The van der Waals surface area contributed by atoms with Crippen LogP contribution in [-0.2, 0) is 0 Å². The molecule has 26 heavy (non-hydrogen) atoms. The summed E-state index contributed by atoms with van der Waals surface area (Å²) in [5.41, 5.74) is 2.82. The maximum absolute atomic E-state index is 8.67. The van der Waals surface area contributed by atoms with Gasteiger partial charge in [-0.15, -0.1) is 24.8 Å². The Hall–Kier alpha value is -1.05. The van der Waals surface area contributed by atoms with Gasteiger partial charge in [0.25, 0.3) is 0 Å². The van der Waals surface area contributed by atoms with E-state index >= 15 is 0 Å². The van der Waals surface area contributed by atoms with Gasteiger partial charge in [-0.3, -0.25) is 0 Å². The van der Waals surface area contributed by atoms with Gasteiger partial charge < -0.3 is 10.2 Å². The Morgan fingerprint density at radius 2 is 1.92 bits per heavy atom. The molecule has 1 N–H and O–H groups in total. The zero-order valence-electron chi connectivity index (χ0n) is 15.6. The number of rotatable bonds is 7. The van der Waals surface area contributed by atoms with E-state index in [0.29, 0.717) is 12.5 Å². The number of halogens is 2. The molecule has 1 saturated carbocycles. The maximum atomic E-state index is 8.67. The van der Waals surface area contributed by atoms with E-state index in [9.17, 15) is 0 Å². The van der Waals surface area contributed by atoms with Crippen molar-refractivity contribution < 1.29 is 0 Å². The van der Waals surface area contributed by atoms with Crippen molar-refractivity contribution in [1.29, 1.82) is 5.26 Å². The molecule has 3 nitrogen and oxygen atoms in total. The van der Waals surface area contributed by atoms with Crippen molar-refractivity contribution in [1.82, 2.24) is 10.2 Å². The van der Waals surface area contributed by atoms with Gasteiger partial charge in [0, 0.05) is 19.0 Å². The summed E-state index contributed by atoms with van der Waals surface area (Å²) >= 11 is 0. The molecule has 1 aliphatic heterocycles. The summed E-state index contributed by atoms with van der Waals surface area (Å²) < 4.78 is 0. The van der Waals surface area contributed by atoms with Crippen LogP contribution in [0.4, 0.5) is 0 Å². The van der Waals surface area contributed by atoms with E-state index in [2.05, 4.69) is 59.6 Å². The van der Waals surface area contributed by atoms with E-state index in [1.807, 2.05) is 0 Å². The normalized spacial score (nSPS) is 23.5. The van der Waals surface area contributed by atoms with E-state index in [4.69, 9.17) is 5.26 Å². The highest BCUT2D eigenvalue weighted by Gasteiger charge is 2.38. The Morgan fingerprint density at radius 3 is 2.58 bits per heavy atom. The van der Waals surface area contributed by atoms with Gasteiger partial charge in [0.1, 0.15) is 0 Å². The number of likely N-dealkylation sites (tertiary alicyclic amines) is 1. The Labute approximate surface area is 170 Å². The van der Waals surface area contributed by atoms with Gasteiger partial charge in [-0.1, -0.05) is 42.0 Å². The van der Waals surface area contributed by atoms with Crippen LogP contribution < -0.4 is 5.32 Å². The van der Waals surface area contributed by atoms with Crippen LogP contribution >= 0.6 is 24.8 Å². The number of nitrogens with zero attached hydrogens (tertiary/aromatic N) is 2. The van der Waals surface area contributed by atoms with E-state index in [-0.39, 0.29) is 24.8 Å². The first-order valence-electron chi connectivity index (χ1n) is 9.32. The third-order valence-electron chi connectivity index (χ3n) is 5.48.